The Morgan fingerprint density at radius 1 is 1.00 bits per heavy atom. The van der Waals surface area contributed by atoms with Crippen molar-refractivity contribution in [2.45, 2.75) is 78.8 Å². The van der Waals surface area contributed by atoms with Crippen LogP contribution in [0, 0.1) is 6.92 Å². The molecule has 8 heteroatoms. The highest BCUT2D eigenvalue weighted by Crippen LogP contribution is 2.26. The van der Waals surface area contributed by atoms with Crippen LogP contribution in [0.3, 0.4) is 0 Å². The number of unbranched alkanes of at least 4 members (excludes halogenated alkanes) is 1. The standard InChI is InChI=1S/C29H43N3O4S/c1-8-10-19-30-28(34)26(9-2)31(20-23-14-12-11-13-22(23)3)27(33)21-32(37(7,35)36)25-17-15-24(16-18-25)29(4,5)6/h11-18,26H,8-10,19-21H2,1-7H3,(H,30,34)/t26-/m1/s1. The van der Waals surface area contributed by atoms with Gasteiger partial charge in [-0.15, -0.1) is 0 Å². The number of hydrogen-bond donors (Lipinski definition) is 1. The van der Waals surface area contributed by atoms with Crippen LogP contribution in [0.25, 0.3) is 0 Å². The number of sulfonamides is 1. The molecule has 2 rings (SSSR count). The number of carbonyl (C=O) groups is 2. The molecule has 0 fully saturated rings. The first-order chi connectivity index (χ1) is 17.3. The van der Waals surface area contributed by atoms with Crippen molar-refractivity contribution < 1.29 is 18.0 Å². The lowest BCUT2D eigenvalue weighted by atomic mass is 9.87. The summed E-state index contributed by atoms with van der Waals surface area (Å²) >= 11 is 0. The predicted molar refractivity (Wildman–Crippen MR) is 151 cm³/mol. The topological polar surface area (TPSA) is 86.8 Å². The third-order valence-corrected chi connectivity index (χ3v) is 7.66. The molecule has 37 heavy (non-hydrogen) atoms. The van der Waals surface area contributed by atoms with Gasteiger partial charge >= 0.3 is 0 Å². The molecule has 0 aliphatic heterocycles. The fraction of sp³-hybridized carbons (Fsp3) is 0.517. The fourth-order valence-electron chi connectivity index (χ4n) is 4.14. The smallest absolute Gasteiger partial charge is 0.244 e. The van der Waals surface area contributed by atoms with E-state index in [2.05, 4.69) is 26.1 Å². The molecule has 7 nitrogen and oxygen atoms in total. The van der Waals surface area contributed by atoms with Crippen LogP contribution in [0.4, 0.5) is 5.69 Å². The lowest BCUT2D eigenvalue weighted by Crippen LogP contribution is -2.52. The minimum atomic E-state index is -3.76. The Bertz CT molecular complexity index is 1150. The van der Waals surface area contributed by atoms with Gasteiger partial charge in [0, 0.05) is 13.1 Å². The van der Waals surface area contributed by atoms with Gasteiger partial charge in [-0.05, 0) is 54.0 Å². The summed E-state index contributed by atoms with van der Waals surface area (Å²) < 4.78 is 26.7. The molecule has 0 saturated heterocycles. The van der Waals surface area contributed by atoms with Gasteiger partial charge in [-0.3, -0.25) is 13.9 Å². The minimum Gasteiger partial charge on any atom is -0.354 e. The van der Waals surface area contributed by atoms with Gasteiger partial charge < -0.3 is 10.2 Å². The first-order valence-corrected chi connectivity index (χ1v) is 14.8. The maximum Gasteiger partial charge on any atom is 0.244 e. The highest BCUT2D eigenvalue weighted by atomic mass is 32.2. The van der Waals surface area contributed by atoms with Crippen LogP contribution in [-0.2, 0) is 31.6 Å². The monoisotopic (exact) mass is 529 g/mol. The summed E-state index contributed by atoms with van der Waals surface area (Å²) in [6, 6.07) is 14.2. The molecule has 0 aromatic heterocycles. The van der Waals surface area contributed by atoms with Gasteiger partial charge in [0.15, 0.2) is 0 Å². The minimum absolute atomic E-state index is 0.0892. The van der Waals surface area contributed by atoms with E-state index in [4.69, 9.17) is 0 Å². The number of anilines is 1. The average Bonchev–Trinajstić information content (AvgIpc) is 2.82. The number of hydrogen-bond acceptors (Lipinski definition) is 4. The maximum absolute atomic E-state index is 13.8. The number of carbonyl (C=O) groups excluding carboxylic acids is 2. The van der Waals surface area contributed by atoms with E-state index in [1.165, 1.54) is 4.90 Å². The molecule has 0 saturated carbocycles. The van der Waals surface area contributed by atoms with Crippen molar-refractivity contribution in [2.75, 3.05) is 23.7 Å². The van der Waals surface area contributed by atoms with E-state index in [1.807, 2.05) is 57.2 Å². The Balaban J connectivity index is 2.43. The average molecular weight is 530 g/mol. The number of rotatable bonds is 12. The van der Waals surface area contributed by atoms with Crippen LogP contribution in [0.15, 0.2) is 48.5 Å². The van der Waals surface area contributed by atoms with Gasteiger partial charge in [0.05, 0.1) is 11.9 Å². The summed E-state index contributed by atoms with van der Waals surface area (Å²) in [5.74, 6) is -0.649. The van der Waals surface area contributed by atoms with Gasteiger partial charge in [0.2, 0.25) is 21.8 Å². The van der Waals surface area contributed by atoms with Crippen molar-refractivity contribution in [3.8, 4) is 0 Å². The van der Waals surface area contributed by atoms with Crippen LogP contribution in [-0.4, -0.2) is 50.5 Å². The second kappa shape index (κ2) is 13.1. The molecule has 1 N–H and O–H groups in total. The van der Waals surface area contributed by atoms with E-state index in [0.717, 1.165) is 40.1 Å². The summed E-state index contributed by atoms with van der Waals surface area (Å²) in [6.45, 7) is 12.5. The summed E-state index contributed by atoms with van der Waals surface area (Å²) in [5, 5.41) is 2.94. The van der Waals surface area contributed by atoms with E-state index in [-0.39, 0.29) is 17.9 Å². The van der Waals surface area contributed by atoms with Crippen molar-refractivity contribution in [3.63, 3.8) is 0 Å². The summed E-state index contributed by atoms with van der Waals surface area (Å²) in [7, 11) is -3.76. The number of benzene rings is 2. The Hall–Kier alpha value is -2.87. The summed E-state index contributed by atoms with van der Waals surface area (Å²) in [6.07, 6.45) is 3.30. The van der Waals surface area contributed by atoms with Crippen molar-refractivity contribution in [1.29, 1.82) is 0 Å². The van der Waals surface area contributed by atoms with Crippen molar-refractivity contribution in [3.05, 3.63) is 65.2 Å². The first kappa shape index (κ1) is 30.4. The zero-order valence-corrected chi connectivity index (χ0v) is 24.2. The van der Waals surface area contributed by atoms with E-state index in [9.17, 15) is 18.0 Å². The van der Waals surface area contributed by atoms with Crippen LogP contribution in [0.1, 0.15) is 70.6 Å². The summed E-state index contributed by atoms with van der Waals surface area (Å²) in [4.78, 5) is 28.4. The third-order valence-electron chi connectivity index (χ3n) is 6.52. The zero-order chi connectivity index (χ0) is 27.8. The predicted octanol–water partition coefficient (Wildman–Crippen LogP) is 4.78. The van der Waals surface area contributed by atoms with E-state index in [0.29, 0.717) is 18.7 Å². The molecule has 0 spiro atoms. The molecule has 1 atom stereocenters. The van der Waals surface area contributed by atoms with E-state index >= 15 is 0 Å². The van der Waals surface area contributed by atoms with Gasteiger partial charge in [-0.2, -0.15) is 0 Å². The fourth-order valence-corrected chi connectivity index (χ4v) is 4.99. The molecular weight excluding hydrogens is 486 g/mol. The molecule has 2 amide bonds. The number of nitrogens with one attached hydrogen (secondary N) is 1. The number of nitrogens with zero attached hydrogens (tertiary/aromatic N) is 2. The number of aryl methyl sites for hydroxylation is 1. The third kappa shape index (κ3) is 8.59. The van der Waals surface area contributed by atoms with Gasteiger partial charge in [0.1, 0.15) is 12.6 Å². The highest BCUT2D eigenvalue weighted by molar-refractivity contribution is 7.92. The SMILES string of the molecule is CCCCNC(=O)[C@@H](CC)N(Cc1ccccc1C)C(=O)CN(c1ccc(C(C)(C)C)cc1)S(C)(=O)=O. The quantitative estimate of drug-likeness (QED) is 0.401. The molecule has 204 valence electrons. The largest absolute Gasteiger partial charge is 0.354 e. The normalized spacial score (nSPS) is 12.6. The van der Waals surface area contributed by atoms with Crippen LogP contribution in [0.2, 0.25) is 0 Å². The van der Waals surface area contributed by atoms with Crippen molar-refractivity contribution >= 4 is 27.5 Å². The lowest BCUT2D eigenvalue weighted by Gasteiger charge is -2.33. The zero-order valence-electron chi connectivity index (χ0n) is 23.4. The molecule has 0 bridgehead atoms. The highest BCUT2D eigenvalue weighted by Gasteiger charge is 2.32. The molecule has 0 aliphatic carbocycles. The number of amides is 2. The Labute approximate surface area is 223 Å². The van der Waals surface area contributed by atoms with Crippen molar-refractivity contribution in [2.24, 2.45) is 0 Å². The Kier molecular flexibility index (Phi) is 10.7. The molecular formula is C29H43N3O4S. The molecule has 0 unspecified atom stereocenters. The second-order valence-corrected chi connectivity index (χ2v) is 12.5. The maximum atomic E-state index is 13.8. The Morgan fingerprint density at radius 3 is 2.14 bits per heavy atom. The lowest BCUT2D eigenvalue weighted by molar-refractivity contribution is -0.140. The van der Waals surface area contributed by atoms with Gasteiger partial charge in [-0.25, -0.2) is 8.42 Å². The molecule has 2 aromatic rings. The van der Waals surface area contributed by atoms with E-state index in [1.54, 1.807) is 12.1 Å². The van der Waals surface area contributed by atoms with E-state index < -0.39 is 28.5 Å². The molecule has 0 radical (unpaired) electrons. The molecule has 0 aliphatic rings. The van der Waals surface area contributed by atoms with Crippen LogP contribution in [0.5, 0.6) is 0 Å². The van der Waals surface area contributed by atoms with Crippen LogP contribution >= 0.6 is 0 Å². The van der Waals surface area contributed by atoms with Gasteiger partial charge in [0.25, 0.3) is 0 Å². The van der Waals surface area contributed by atoms with Gasteiger partial charge in [-0.1, -0.05) is 77.4 Å². The Morgan fingerprint density at radius 2 is 1.62 bits per heavy atom. The molecule has 0 heterocycles. The van der Waals surface area contributed by atoms with Crippen molar-refractivity contribution in [1.82, 2.24) is 10.2 Å². The summed E-state index contributed by atoms with van der Waals surface area (Å²) in [5.41, 5.74) is 3.30. The second-order valence-electron chi connectivity index (χ2n) is 10.6. The first-order valence-electron chi connectivity index (χ1n) is 13.0. The van der Waals surface area contributed by atoms with Crippen LogP contribution < -0.4 is 9.62 Å². The molecule has 2 aromatic carbocycles.